The van der Waals surface area contributed by atoms with E-state index in [2.05, 4.69) is 4.74 Å². The molecule has 0 fully saturated rings. The minimum Gasteiger partial charge on any atom is -0.507 e. The van der Waals surface area contributed by atoms with E-state index in [-0.39, 0.29) is 22.4 Å². The highest BCUT2D eigenvalue weighted by atomic mass is 19.2. The highest BCUT2D eigenvalue weighted by molar-refractivity contribution is 5.91. The maximum Gasteiger partial charge on any atom is 0.337 e. The molecule has 2 aromatic carbocycles. The molecule has 0 spiro atoms. The summed E-state index contributed by atoms with van der Waals surface area (Å²) in [7, 11) is 1.21. The second-order valence-electron chi connectivity index (χ2n) is 3.82. The molecule has 0 radical (unpaired) electrons. The van der Waals surface area contributed by atoms with E-state index in [1.807, 2.05) is 0 Å². The van der Waals surface area contributed by atoms with Gasteiger partial charge in [0.25, 0.3) is 0 Å². The third-order valence-electron chi connectivity index (χ3n) is 2.66. The lowest BCUT2D eigenvalue weighted by Crippen LogP contribution is -2.01. The van der Waals surface area contributed by atoms with Gasteiger partial charge < -0.3 is 9.84 Å². The molecule has 0 aliphatic rings. The van der Waals surface area contributed by atoms with Gasteiger partial charge in [0.2, 0.25) is 0 Å². The van der Waals surface area contributed by atoms with Crippen LogP contribution in [0.5, 0.6) is 5.75 Å². The summed E-state index contributed by atoms with van der Waals surface area (Å²) < 4.78 is 31.2. The van der Waals surface area contributed by atoms with Crippen molar-refractivity contribution in [3.63, 3.8) is 0 Å². The van der Waals surface area contributed by atoms with Gasteiger partial charge in [-0.2, -0.15) is 0 Å². The molecule has 0 amide bonds. The molecule has 0 saturated carbocycles. The molecule has 0 atom stereocenters. The van der Waals surface area contributed by atoms with Gasteiger partial charge in [-0.15, -0.1) is 0 Å². The van der Waals surface area contributed by atoms with Gasteiger partial charge in [0.1, 0.15) is 5.75 Å². The van der Waals surface area contributed by atoms with E-state index >= 15 is 0 Å². The first kappa shape index (κ1) is 13.0. The van der Waals surface area contributed by atoms with Crippen LogP contribution in [0.4, 0.5) is 8.78 Å². The third kappa shape index (κ3) is 2.40. The van der Waals surface area contributed by atoms with Gasteiger partial charge in [-0.3, -0.25) is 0 Å². The first-order valence-corrected chi connectivity index (χ1v) is 5.40. The van der Waals surface area contributed by atoms with Crippen LogP contribution in [-0.4, -0.2) is 18.2 Å². The minimum absolute atomic E-state index is 0.0751. The molecule has 98 valence electrons. The Labute approximate surface area is 108 Å². The lowest BCUT2D eigenvalue weighted by molar-refractivity contribution is 0.0600. The van der Waals surface area contributed by atoms with Crippen LogP contribution in [-0.2, 0) is 4.74 Å². The van der Waals surface area contributed by atoms with Crippen molar-refractivity contribution in [3.8, 4) is 16.9 Å². The molecular weight excluding hydrogens is 254 g/mol. The number of phenolic OH excluding ortho intramolecular Hbond substituents is 1. The molecule has 0 heterocycles. The van der Waals surface area contributed by atoms with Crippen LogP contribution >= 0.6 is 0 Å². The number of carbonyl (C=O) groups is 1. The Kier molecular flexibility index (Phi) is 3.46. The Morgan fingerprint density at radius 2 is 1.89 bits per heavy atom. The van der Waals surface area contributed by atoms with Crippen molar-refractivity contribution in [2.45, 2.75) is 0 Å². The number of carbonyl (C=O) groups excluding carboxylic acids is 1. The molecule has 2 aromatic rings. The van der Waals surface area contributed by atoms with E-state index in [1.165, 1.54) is 31.4 Å². The number of rotatable bonds is 2. The molecule has 0 aliphatic carbocycles. The van der Waals surface area contributed by atoms with Gasteiger partial charge in [0.15, 0.2) is 11.6 Å². The Morgan fingerprint density at radius 1 is 1.16 bits per heavy atom. The Balaban J connectivity index is 2.52. The highest BCUT2D eigenvalue weighted by Crippen LogP contribution is 2.32. The van der Waals surface area contributed by atoms with Crippen LogP contribution in [0.2, 0.25) is 0 Å². The zero-order valence-electron chi connectivity index (χ0n) is 9.98. The standard InChI is InChI=1S/C14H10F2O3/c1-19-14(18)8-5-6-9(12(17)7-8)10-3-2-4-11(15)13(10)16/h2-7,17H,1H3. The number of aromatic hydroxyl groups is 1. The van der Waals surface area contributed by atoms with Crippen molar-refractivity contribution in [3.05, 3.63) is 53.6 Å². The van der Waals surface area contributed by atoms with Crippen LogP contribution in [0.15, 0.2) is 36.4 Å². The number of ether oxygens (including phenoxy) is 1. The van der Waals surface area contributed by atoms with Gasteiger partial charge >= 0.3 is 5.97 Å². The molecule has 3 nitrogen and oxygen atoms in total. The lowest BCUT2D eigenvalue weighted by Gasteiger charge is -2.08. The molecular formula is C14H10F2O3. The van der Waals surface area contributed by atoms with E-state index in [9.17, 15) is 18.7 Å². The summed E-state index contributed by atoms with van der Waals surface area (Å²) >= 11 is 0. The van der Waals surface area contributed by atoms with Gasteiger partial charge in [0.05, 0.1) is 12.7 Å². The fourth-order valence-electron chi connectivity index (χ4n) is 1.72. The van der Waals surface area contributed by atoms with Gasteiger partial charge in [-0.25, -0.2) is 13.6 Å². The smallest absolute Gasteiger partial charge is 0.337 e. The van der Waals surface area contributed by atoms with Crippen molar-refractivity contribution in [2.75, 3.05) is 7.11 Å². The lowest BCUT2D eigenvalue weighted by atomic mass is 10.0. The van der Waals surface area contributed by atoms with Crippen LogP contribution < -0.4 is 0 Å². The molecule has 1 N–H and O–H groups in total. The van der Waals surface area contributed by atoms with Gasteiger partial charge in [0, 0.05) is 11.1 Å². The van der Waals surface area contributed by atoms with E-state index in [4.69, 9.17) is 0 Å². The Morgan fingerprint density at radius 3 is 2.53 bits per heavy atom. The Hall–Kier alpha value is -2.43. The van der Waals surface area contributed by atoms with E-state index in [0.717, 1.165) is 12.1 Å². The van der Waals surface area contributed by atoms with Crippen LogP contribution in [0, 0.1) is 11.6 Å². The first-order valence-electron chi connectivity index (χ1n) is 5.40. The fraction of sp³-hybridized carbons (Fsp3) is 0.0714. The van der Waals surface area contributed by atoms with Gasteiger partial charge in [-0.1, -0.05) is 12.1 Å². The van der Waals surface area contributed by atoms with E-state index < -0.39 is 17.6 Å². The summed E-state index contributed by atoms with van der Waals surface area (Å²) in [5.74, 6) is -3.01. The van der Waals surface area contributed by atoms with Crippen LogP contribution in [0.1, 0.15) is 10.4 Å². The monoisotopic (exact) mass is 264 g/mol. The molecule has 5 heteroatoms. The zero-order chi connectivity index (χ0) is 14.0. The molecule has 0 aromatic heterocycles. The van der Waals surface area contributed by atoms with Crippen molar-refractivity contribution < 1.29 is 23.4 Å². The zero-order valence-corrected chi connectivity index (χ0v) is 9.98. The summed E-state index contributed by atoms with van der Waals surface area (Å²) in [6.45, 7) is 0. The quantitative estimate of drug-likeness (QED) is 0.848. The molecule has 0 saturated heterocycles. The predicted molar refractivity (Wildman–Crippen MR) is 64.8 cm³/mol. The number of hydrogen-bond acceptors (Lipinski definition) is 3. The number of phenols is 1. The summed E-state index contributed by atoms with van der Waals surface area (Å²) in [5, 5.41) is 9.81. The minimum atomic E-state index is -1.05. The largest absolute Gasteiger partial charge is 0.507 e. The summed E-state index contributed by atoms with van der Waals surface area (Å²) in [6, 6.07) is 7.50. The van der Waals surface area contributed by atoms with Crippen molar-refractivity contribution >= 4 is 5.97 Å². The first-order chi connectivity index (χ1) is 9.04. The fourth-order valence-corrected chi connectivity index (χ4v) is 1.72. The Bertz CT molecular complexity index is 639. The average Bonchev–Trinajstić information content (AvgIpc) is 2.41. The number of halogens is 2. The number of benzene rings is 2. The number of esters is 1. The summed E-state index contributed by atoms with van der Waals surface area (Å²) in [4.78, 5) is 11.3. The molecule has 2 rings (SSSR count). The predicted octanol–water partition coefficient (Wildman–Crippen LogP) is 3.12. The van der Waals surface area contributed by atoms with E-state index in [0.29, 0.717) is 0 Å². The molecule has 0 bridgehead atoms. The summed E-state index contributed by atoms with van der Waals surface area (Å²) in [5.41, 5.74) is 0.152. The normalized spacial score (nSPS) is 10.3. The van der Waals surface area contributed by atoms with Crippen molar-refractivity contribution in [2.24, 2.45) is 0 Å². The van der Waals surface area contributed by atoms with Crippen molar-refractivity contribution in [1.82, 2.24) is 0 Å². The average molecular weight is 264 g/mol. The summed E-state index contributed by atoms with van der Waals surface area (Å²) in [6.07, 6.45) is 0. The molecule has 0 unspecified atom stereocenters. The van der Waals surface area contributed by atoms with E-state index in [1.54, 1.807) is 0 Å². The van der Waals surface area contributed by atoms with Crippen LogP contribution in [0.25, 0.3) is 11.1 Å². The molecule has 0 aliphatic heterocycles. The van der Waals surface area contributed by atoms with Crippen LogP contribution in [0.3, 0.4) is 0 Å². The second-order valence-corrected chi connectivity index (χ2v) is 3.82. The SMILES string of the molecule is COC(=O)c1ccc(-c2cccc(F)c2F)c(O)c1. The highest BCUT2D eigenvalue weighted by Gasteiger charge is 2.15. The second kappa shape index (κ2) is 5.06. The third-order valence-corrected chi connectivity index (χ3v) is 2.66. The molecule has 19 heavy (non-hydrogen) atoms. The number of hydrogen-bond donors (Lipinski definition) is 1. The number of methoxy groups -OCH3 is 1. The topological polar surface area (TPSA) is 46.5 Å². The maximum absolute atomic E-state index is 13.6. The van der Waals surface area contributed by atoms with Crippen molar-refractivity contribution in [1.29, 1.82) is 0 Å². The van der Waals surface area contributed by atoms with Gasteiger partial charge in [-0.05, 0) is 24.3 Å². The maximum atomic E-state index is 13.6.